The Bertz CT molecular complexity index is 935. The van der Waals surface area contributed by atoms with Gasteiger partial charge < -0.3 is 0 Å². The van der Waals surface area contributed by atoms with E-state index in [4.69, 9.17) is 0 Å². The van der Waals surface area contributed by atoms with E-state index in [9.17, 15) is 35.1 Å². The third-order valence-electron chi connectivity index (χ3n) is 3.42. The average Bonchev–Trinajstić information content (AvgIpc) is 2.79. The molecule has 113 valence electrons. The smallest absolute Gasteiger partial charge is 0.285 e. The van der Waals surface area contributed by atoms with Crippen molar-refractivity contribution in [2.24, 2.45) is 0 Å². The lowest BCUT2D eigenvalue weighted by molar-refractivity contribution is -0.394. The number of non-ortho nitro benzene ring substituents is 1. The molecule has 3 rings (SSSR count). The van der Waals surface area contributed by atoms with E-state index < -0.39 is 37.6 Å². The van der Waals surface area contributed by atoms with Crippen molar-refractivity contribution in [3.05, 3.63) is 71.8 Å². The third-order valence-corrected chi connectivity index (χ3v) is 3.42. The summed E-state index contributed by atoms with van der Waals surface area (Å²) in [5.41, 5.74) is -2.82. The first-order chi connectivity index (χ1) is 10.8. The molecule has 0 aliphatic heterocycles. The van der Waals surface area contributed by atoms with Crippen LogP contribution in [0.5, 0.6) is 0 Å². The summed E-state index contributed by atoms with van der Waals surface area (Å²) in [4.78, 5) is 43.0. The molecule has 0 heterocycles. The van der Waals surface area contributed by atoms with E-state index in [0.717, 1.165) is 12.1 Å². The molecule has 1 radical (unpaired) electrons. The van der Waals surface area contributed by atoms with Crippen molar-refractivity contribution in [1.29, 1.82) is 0 Å². The number of nitro groups is 3. The van der Waals surface area contributed by atoms with Gasteiger partial charge in [0.15, 0.2) is 5.78 Å². The van der Waals surface area contributed by atoms with Gasteiger partial charge in [0.2, 0.25) is 0 Å². The summed E-state index contributed by atoms with van der Waals surface area (Å²) in [6, 6.07) is 6.15. The first-order valence-electron chi connectivity index (χ1n) is 6.03. The molecule has 2 aromatic rings. The predicted octanol–water partition coefficient (Wildman–Crippen LogP) is 2.42. The molecule has 0 atom stereocenters. The van der Waals surface area contributed by atoms with Crippen LogP contribution in [0.1, 0.15) is 15.9 Å². The lowest BCUT2D eigenvalue weighted by Crippen LogP contribution is -1.99. The highest BCUT2D eigenvalue weighted by Crippen LogP contribution is 2.48. The molecular formula is C13H4N3O7. The molecule has 10 heteroatoms. The molecule has 1 aliphatic rings. The van der Waals surface area contributed by atoms with Crippen LogP contribution in [0.15, 0.2) is 24.3 Å². The summed E-state index contributed by atoms with van der Waals surface area (Å²) < 4.78 is 0. The minimum absolute atomic E-state index is 0.141. The van der Waals surface area contributed by atoms with Crippen LogP contribution in [-0.4, -0.2) is 20.6 Å². The Morgan fingerprint density at radius 1 is 0.783 bits per heavy atom. The van der Waals surface area contributed by atoms with Gasteiger partial charge in [-0.05, 0) is 12.1 Å². The molecule has 0 bridgehead atoms. The normalized spacial score (nSPS) is 11.7. The monoisotopic (exact) mass is 314 g/mol. The van der Waals surface area contributed by atoms with Crippen LogP contribution >= 0.6 is 0 Å². The van der Waals surface area contributed by atoms with Gasteiger partial charge in [-0.15, -0.1) is 0 Å². The molecule has 0 spiro atoms. The largest absolute Gasteiger partial charge is 0.289 e. The summed E-state index contributed by atoms with van der Waals surface area (Å²) in [5.74, 6) is -0.748. The van der Waals surface area contributed by atoms with E-state index in [-0.39, 0.29) is 22.3 Å². The Morgan fingerprint density at radius 3 is 1.96 bits per heavy atom. The molecule has 2 aromatic carbocycles. The van der Waals surface area contributed by atoms with Crippen molar-refractivity contribution in [2.45, 2.75) is 0 Å². The number of nitrogens with zero attached hydrogens (tertiary/aromatic N) is 3. The zero-order valence-electron chi connectivity index (χ0n) is 11.0. The van der Waals surface area contributed by atoms with Crippen molar-refractivity contribution < 1.29 is 19.6 Å². The summed E-state index contributed by atoms with van der Waals surface area (Å²) in [6.07, 6.45) is 0. The van der Waals surface area contributed by atoms with E-state index in [1.165, 1.54) is 6.07 Å². The van der Waals surface area contributed by atoms with Crippen LogP contribution in [0.2, 0.25) is 0 Å². The van der Waals surface area contributed by atoms with E-state index in [1.54, 1.807) is 0 Å². The molecule has 0 unspecified atom stereocenters. The number of benzene rings is 2. The maximum absolute atomic E-state index is 12.3. The van der Waals surface area contributed by atoms with Crippen LogP contribution in [0.25, 0.3) is 11.1 Å². The maximum Gasteiger partial charge on any atom is 0.285 e. The first-order valence-corrected chi connectivity index (χ1v) is 6.03. The number of rotatable bonds is 3. The topological polar surface area (TPSA) is 146 Å². The van der Waals surface area contributed by atoms with E-state index in [2.05, 4.69) is 6.07 Å². The fraction of sp³-hybridized carbons (Fsp3) is 0. The lowest BCUT2D eigenvalue weighted by Gasteiger charge is -2.03. The van der Waals surface area contributed by atoms with Gasteiger partial charge in [-0.2, -0.15) is 0 Å². The highest BCUT2D eigenvalue weighted by Gasteiger charge is 2.40. The van der Waals surface area contributed by atoms with Crippen LogP contribution in [0.3, 0.4) is 0 Å². The molecule has 0 saturated carbocycles. The number of fused-ring (bicyclic) bond motifs is 3. The van der Waals surface area contributed by atoms with Gasteiger partial charge >= 0.3 is 0 Å². The molecule has 0 amide bonds. The lowest BCUT2D eigenvalue weighted by atomic mass is 10.0. The third kappa shape index (κ3) is 1.92. The maximum atomic E-state index is 12.3. The number of carbonyl (C=O) groups excluding carboxylic acids is 1. The number of nitro benzene ring substituents is 3. The Morgan fingerprint density at radius 2 is 1.39 bits per heavy atom. The molecule has 1 aliphatic carbocycles. The second-order valence-electron chi connectivity index (χ2n) is 4.62. The van der Waals surface area contributed by atoms with Gasteiger partial charge in [0.1, 0.15) is 0 Å². The fourth-order valence-corrected chi connectivity index (χ4v) is 2.52. The molecule has 0 aromatic heterocycles. The highest BCUT2D eigenvalue weighted by atomic mass is 16.6. The van der Waals surface area contributed by atoms with E-state index >= 15 is 0 Å². The quantitative estimate of drug-likeness (QED) is 0.532. The fourth-order valence-electron chi connectivity index (χ4n) is 2.52. The highest BCUT2D eigenvalue weighted by molar-refractivity contribution is 6.24. The van der Waals surface area contributed by atoms with Gasteiger partial charge in [0.25, 0.3) is 17.1 Å². The number of carbonyl (C=O) groups is 1. The number of hydrogen-bond donors (Lipinski definition) is 0. The van der Waals surface area contributed by atoms with Crippen molar-refractivity contribution in [2.75, 3.05) is 0 Å². The van der Waals surface area contributed by atoms with E-state index in [0.29, 0.717) is 6.07 Å². The van der Waals surface area contributed by atoms with Gasteiger partial charge in [-0.3, -0.25) is 35.1 Å². The zero-order chi connectivity index (χ0) is 16.9. The van der Waals surface area contributed by atoms with Crippen molar-refractivity contribution >= 4 is 22.8 Å². The summed E-state index contributed by atoms with van der Waals surface area (Å²) in [7, 11) is 0. The Balaban J connectivity index is 2.46. The van der Waals surface area contributed by atoms with Crippen LogP contribution < -0.4 is 0 Å². The second-order valence-corrected chi connectivity index (χ2v) is 4.62. The van der Waals surface area contributed by atoms with Crippen molar-refractivity contribution in [3.8, 4) is 11.1 Å². The van der Waals surface area contributed by atoms with Crippen LogP contribution in [0.4, 0.5) is 17.1 Å². The van der Waals surface area contributed by atoms with Crippen molar-refractivity contribution in [3.63, 3.8) is 0 Å². The Kier molecular flexibility index (Phi) is 2.89. The van der Waals surface area contributed by atoms with Crippen LogP contribution in [-0.2, 0) is 0 Å². The van der Waals surface area contributed by atoms with Crippen LogP contribution in [0, 0.1) is 36.4 Å². The molecule has 0 saturated heterocycles. The predicted molar refractivity (Wildman–Crippen MR) is 74.1 cm³/mol. The summed E-state index contributed by atoms with van der Waals surface area (Å²) in [6.45, 7) is 0. The van der Waals surface area contributed by atoms with Gasteiger partial charge in [0, 0.05) is 23.3 Å². The minimum Gasteiger partial charge on any atom is -0.289 e. The van der Waals surface area contributed by atoms with Gasteiger partial charge in [-0.25, -0.2) is 0 Å². The average molecular weight is 314 g/mol. The summed E-state index contributed by atoms with van der Waals surface area (Å²) in [5, 5.41) is 33.2. The standard InChI is InChI=1S/C13H4N3O7/c17-13-7-2-1-3-9(15(20)21)11(7)12-8(13)4-6(14(18)19)5-10(12)16(22)23/h2-5H. The summed E-state index contributed by atoms with van der Waals surface area (Å²) >= 11 is 0. The Hall–Kier alpha value is -3.69. The Labute approximate surface area is 126 Å². The minimum atomic E-state index is -0.908. The van der Waals surface area contributed by atoms with Gasteiger partial charge in [0.05, 0.1) is 32.0 Å². The molecule has 23 heavy (non-hydrogen) atoms. The SMILES string of the molecule is O=C1c2c[c]cc([N+](=O)[O-])c2-c2c1cc([N+](=O)[O-])cc2[N+](=O)[O-]. The molecular weight excluding hydrogens is 310 g/mol. The second kappa shape index (κ2) is 4.66. The van der Waals surface area contributed by atoms with Gasteiger partial charge in [-0.1, -0.05) is 0 Å². The molecule has 0 fully saturated rings. The first kappa shape index (κ1) is 14.3. The van der Waals surface area contributed by atoms with Crippen molar-refractivity contribution in [1.82, 2.24) is 0 Å². The number of ketones is 1. The molecule has 0 N–H and O–H groups in total. The zero-order valence-corrected chi connectivity index (χ0v) is 11.0. The molecule has 10 nitrogen and oxygen atoms in total. The number of hydrogen-bond acceptors (Lipinski definition) is 7. The van der Waals surface area contributed by atoms with E-state index in [1.807, 2.05) is 0 Å².